The van der Waals surface area contributed by atoms with E-state index in [4.69, 9.17) is 4.99 Å². The molecule has 1 saturated heterocycles. The molecule has 1 atom stereocenters. The lowest BCUT2D eigenvalue weighted by atomic mass is 10.1. The van der Waals surface area contributed by atoms with E-state index in [1.807, 2.05) is 0 Å². The van der Waals surface area contributed by atoms with Crippen LogP contribution in [0.1, 0.15) is 32.6 Å². The Morgan fingerprint density at radius 2 is 1.91 bits per heavy atom. The molecule has 0 unspecified atom stereocenters. The van der Waals surface area contributed by atoms with E-state index < -0.39 is 0 Å². The van der Waals surface area contributed by atoms with Crippen LogP contribution in [-0.4, -0.2) is 67.5 Å². The minimum absolute atomic E-state index is 0.410. The van der Waals surface area contributed by atoms with Crippen LogP contribution in [0, 0.1) is 5.92 Å². The van der Waals surface area contributed by atoms with Gasteiger partial charge in [-0.25, -0.2) is 0 Å². The first-order valence-corrected chi connectivity index (χ1v) is 9.76. The highest BCUT2D eigenvalue weighted by Crippen LogP contribution is 2.11. The lowest BCUT2D eigenvalue weighted by Gasteiger charge is -2.35. The predicted octanol–water partition coefficient (Wildman–Crippen LogP) is 2.77. The van der Waals surface area contributed by atoms with E-state index in [9.17, 15) is 0 Å². The summed E-state index contributed by atoms with van der Waals surface area (Å²) in [5.41, 5.74) is 0. The van der Waals surface area contributed by atoms with Gasteiger partial charge in [0, 0.05) is 45.3 Å². The van der Waals surface area contributed by atoms with Crippen molar-refractivity contribution in [3.05, 3.63) is 22.4 Å². The maximum absolute atomic E-state index is 4.88. The van der Waals surface area contributed by atoms with Crippen molar-refractivity contribution in [3.63, 3.8) is 0 Å². The van der Waals surface area contributed by atoms with Gasteiger partial charge >= 0.3 is 0 Å². The van der Waals surface area contributed by atoms with E-state index in [1.54, 1.807) is 11.3 Å². The quantitative estimate of drug-likeness (QED) is 0.613. The number of hydrogen-bond donors (Lipinski definition) is 1. The van der Waals surface area contributed by atoms with Gasteiger partial charge in [0.1, 0.15) is 5.84 Å². The summed E-state index contributed by atoms with van der Waals surface area (Å²) < 4.78 is 0. The fraction of sp³-hybridized carbons (Fsp3) is 0.722. The number of likely N-dealkylation sites (N-methyl/N-ethyl adjacent to an activating group) is 1. The van der Waals surface area contributed by atoms with Crippen LogP contribution >= 0.6 is 11.3 Å². The fourth-order valence-corrected chi connectivity index (χ4v) is 3.61. The van der Waals surface area contributed by atoms with E-state index in [-0.39, 0.29) is 0 Å². The molecule has 0 aromatic carbocycles. The molecule has 0 radical (unpaired) electrons. The summed E-state index contributed by atoms with van der Waals surface area (Å²) in [6.07, 6.45) is 0. The lowest BCUT2D eigenvalue weighted by Crippen LogP contribution is -2.47. The Labute approximate surface area is 145 Å². The molecule has 0 saturated carbocycles. The third-order valence-electron chi connectivity index (χ3n) is 4.22. The van der Waals surface area contributed by atoms with Crippen molar-refractivity contribution < 1.29 is 0 Å². The monoisotopic (exact) mass is 336 g/mol. The molecule has 0 spiro atoms. The normalized spacial score (nSPS) is 19.3. The van der Waals surface area contributed by atoms with E-state index in [1.165, 1.54) is 37.6 Å². The van der Waals surface area contributed by atoms with Crippen LogP contribution in [0.15, 0.2) is 22.5 Å². The van der Waals surface area contributed by atoms with Crippen molar-refractivity contribution in [2.75, 3.05) is 45.8 Å². The van der Waals surface area contributed by atoms with E-state index in [2.05, 4.69) is 60.3 Å². The first-order chi connectivity index (χ1) is 11.1. The molecule has 1 aromatic rings. The van der Waals surface area contributed by atoms with Gasteiger partial charge in [-0.15, -0.1) is 11.3 Å². The zero-order valence-corrected chi connectivity index (χ0v) is 15.9. The predicted molar refractivity (Wildman–Crippen MR) is 102 cm³/mol. The fourth-order valence-electron chi connectivity index (χ4n) is 2.92. The number of aliphatic imine (C=N–C) groups is 1. The topological polar surface area (TPSA) is 30.9 Å². The molecule has 0 bridgehead atoms. The maximum atomic E-state index is 4.88. The maximum Gasteiger partial charge on any atom is 0.138 e. The lowest BCUT2D eigenvalue weighted by molar-refractivity contribution is 0.125. The average molecular weight is 337 g/mol. The number of piperazine rings is 1. The Balaban J connectivity index is 1.84. The van der Waals surface area contributed by atoms with E-state index in [0.29, 0.717) is 12.0 Å². The van der Waals surface area contributed by atoms with Gasteiger partial charge in [0.25, 0.3) is 0 Å². The van der Waals surface area contributed by atoms with Crippen molar-refractivity contribution in [1.82, 2.24) is 15.1 Å². The molecule has 0 amide bonds. The standard InChI is InChI=1S/C18H32N4S/c1-5-21-8-10-22(11-9-21)14-16(4)13-19-18(20-15(2)3)17-7-6-12-23-17/h6-7,12,15-16H,5,8-11,13-14H2,1-4H3,(H,19,20)/t16-/m1/s1. The molecule has 1 aliphatic rings. The van der Waals surface area contributed by atoms with Crippen molar-refractivity contribution in [1.29, 1.82) is 0 Å². The summed E-state index contributed by atoms with van der Waals surface area (Å²) in [4.78, 5) is 11.2. The molecule has 1 N–H and O–H groups in total. The van der Waals surface area contributed by atoms with Crippen LogP contribution in [0.5, 0.6) is 0 Å². The zero-order chi connectivity index (χ0) is 16.7. The molecule has 5 heteroatoms. The van der Waals surface area contributed by atoms with Gasteiger partial charge in [-0.1, -0.05) is 19.9 Å². The Kier molecular flexibility index (Phi) is 7.53. The highest BCUT2D eigenvalue weighted by Gasteiger charge is 2.17. The number of nitrogens with one attached hydrogen (secondary N) is 1. The van der Waals surface area contributed by atoms with Gasteiger partial charge in [-0.05, 0) is 37.8 Å². The number of hydrogen-bond acceptors (Lipinski definition) is 4. The first-order valence-electron chi connectivity index (χ1n) is 8.88. The number of rotatable bonds is 7. The van der Waals surface area contributed by atoms with Crippen molar-refractivity contribution in [3.8, 4) is 0 Å². The number of amidine groups is 1. The largest absolute Gasteiger partial charge is 0.367 e. The summed E-state index contributed by atoms with van der Waals surface area (Å²) in [7, 11) is 0. The van der Waals surface area contributed by atoms with Crippen LogP contribution < -0.4 is 5.32 Å². The Bertz CT molecular complexity index is 461. The summed E-state index contributed by atoms with van der Waals surface area (Å²) in [5, 5.41) is 5.61. The van der Waals surface area contributed by atoms with Gasteiger partial charge < -0.3 is 15.1 Å². The Hall–Kier alpha value is -0.910. The van der Waals surface area contributed by atoms with Gasteiger partial charge in [0.15, 0.2) is 0 Å². The Morgan fingerprint density at radius 1 is 1.22 bits per heavy atom. The van der Waals surface area contributed by atoms with E-state index in [0.717, 1.165) is 18.9 Å². The molecule has 2 rings (SSSR count). The molecule has 1 aliphatic heterocycles. The average Bonchev–Trinajstić information content (AvgIpc) is 3.06. The second-order valence-corrected chi connectivity index (χ2v) is 7.75. The molecule has 130 valence electrons. The number of thiophene rings is 1. The number of nitrogens with zero attached hydrogens (tertiary/aromatic N) is 3. The van der Waals surface area contributed by atoms with Crippen molar-refractivity contribution in [2.24, 2.45) is 10.9 Å². The summed E-state index contributed by atoms with van der Waals surface area (Å²) in [6.45, 7) is 16.9. The van der Waals surface area contributed by atoms with Gasteiger partial charge in [-0.2, -0.15) is 0 Å². The van der Waals surface area contributed by atoms with Gasteiger partial charge in [0.05, 0.1) is 4.88 Å². The van der Waals surface area contributed by atoms with Gasteiger partial charge in [-0.3, -0.25) is 4.99 Å². The first kappa shape index (κ1) is 18.4. The molecule has 1 aromatic heterocycles. The second kappa shape index (κ2) is 9.40. The van der Waals surface area contributed by atoms with Crippen molar-refractivity contribution >= 4 is 17.2 Å². The van der Waals surface area contributed by atoms with Crippen LogP contribution in [-0.2, 0) is 0 Å². The second-order valence-electron chi connectivity index (χ2n) is 6.81. The van der Waals surface area contributed by atoms with E-state index >= 15 is 0 Å². The minimum atomic E-state index is 0.410. The van der Waals surface area contributed by atoms with Crippen LogP contribution in [0.4, 0.5) is 0 Å². The highest BCUT2D eigenvalue weighted by atomic mass is 32.1. The third-order valence-corrected chi connectivity index (χ3v) is 5.10. The molecule has 23 heavy (non-hydrogen) atoms. The summed E-state index contributed by atoms with van der Waals surface area (Å²) >= 11 is 1.75. The third kappa shape index (κ3) is 6.24. The molecule has 0 aliphatic carbocycles. The zero-order valence-electron chi connectivity index (χ0n) is 15.1. The van der Waals surface area contributed by atoms with Crippen LogP contribution in [0.25, 0.3) is 0 Å². The SMILES string of the molecule is CCN1CCN(C[C@H](C)CN=C(NC(C)C)c2cccs2)CC1. The summed E-state index contributed by atoms with van der Waals surface area (Å²) in [5.74, 6) is 1.64. The summed E-state index contributed by atoms with van der Waals surface area (Å²) in [6, 6.07) is 4.65. The van der Waals surface area contributed by atoms with Gasteiger partial charge in [0.2, 0.25) is 0 Å². The molecular weight excluding hydrogens is 304 g/mol. The molecule has 1 fully saturated rings. The van der Waals surface area contributed by atoms with Crippen LogP contribution in [0.3, 0.4) is 0 Å². The minimum Gasteiger partial charge on any atom is -0.367 e. The Morgan fingerprint density at radius 3 is 2.48 bits per heavy atom. The van der Waals surface area contributed by atoms with Crippen molar-refractivity contribution in [2.45, 2.75) is 33.7 Å². The van der Waals surface area contributed by atoms with Crippen LogP contribution in [0.2, 0.25) is 0 Å². The molecular formula is C18H32N4S. The smallest absolute Gasteiger partial charge is 0.138 e. The molecule has 2 heterocycles. The highest BCUT2D eigenvalue weighted by molar-refractivity contribution is 7.12. The molecule has 4 nitrogen and oxygen atoms in total.